The van der Waals surface area contributed by atoms with E-state index in [9.17, 15) is 4.79 Å². The molecule has 0 aliphatic rings. The number of nitrogens with zero attached hydrogens (tertiary/aromatic N) is 3. The Morgan fingerprint density at radius 1 is 1.36 bits per heavy atom. The lowest BCUT2D eigenvalue weighted by Crippen LogP contribution is -2.30. The van der Waals surface area contributed by atoms with Crippen molar-refractivity contribution in [2.75, 3.05) is 20.7 Å². The molecule has 1 unspecified atom stereocenters. The molecule has 0 saturated carbocycles. The van der Waals surface area contributed by atoms with Gasteiger partial charge in [0.1, 0.15) is 11.8 Å². The second-order valence-corrected chi connectivity index (χ2v) is 5.48. The first-order valence-electron chi connectivity index (χ1n) is 7.44. The highest BCUT2D eigenvalue weighted by atomic mass is 16.5. The number of benzene rings is 1. The Kier molecular flexibility index (Phi) is 4.85. The van der Waals surface area contributed by atoms with Gasteiger partial charge in [-0.05, 0) is 38.5 Å². The average molecular weight is 301 g/mol. The molecule has 0 N–H and O–H groups in total. The maximum absolute atomic E-state index is 12.1. The minimum absolute atomic E-state index is 0.0205. The summed E-state index contributed by atoms with van der Waals surface area (Å²) in [7, 11) is 3.50. The topological polar surface area (TPSA) is 47.4 Å². The third-order valence-corrected chi connectivity index (χ3v) is 3.55. The fraction of sp³-hybridized carbons (Fsp3) is 0.412. The van der Waals surface area contributed by atoms with Gasteiger partial charge in [0.25, 0.3) is 0 Å². The van der Waals surface area contributed by atoms with Gasteiger partial charge in [-0.2, -0.15) is 5.10 Å². The summed E-state index contributed by atoms with van der Waals surface area (Å²) in [5, 5.41) is 4.62. The first-order chi connectivity index (χ1) is 10.5. The summed E-state index contributed by atoms with van der Waals surface area (Å²) in [6.07, 6.45) is 1.91. The average Bonchev–Trinajstić information content (AvgIpc) is 2.88. The summed E-state index contributed by atoms with van der Waals surface area (Å²) in [6.45, 7) is 6.41. The van der Waals surface area contributed by atoms with E-state index in [0.717, 1.165) is 22.6 Å². The summed E-state index contributed by atoms with van der Waals surface area (Å²) in [5.74, 6) is 0.831. The van der Waals surface area contributed by atoms with Gasteiger partial charge in [-0.3, -0.25) is 9.48 Å². The van der Waals surface area contributed by atoms with Gasteiger partial charge in [-0.1, -0.05) is 12.1 Å². The van der Waals surface area contributed by atoms with Crippen molar-refractivity contribution in [3.63, 3.8) is 0 Å². The monoisotopic (exact) mass is 301 g/mol. The van der Waals surface area contributed by atoms with Gasteiger partial charge in [0, 0.05) is 25.9 Å². The lowest BCUT2D eigenvalue weighted by atomic mass is 10.1. The predicted octanol–water partition coefficient (Wildman–Crippen LogP) is 2.91. The van der Waals surface area contributed by atoms with E-state index in [0.29, 0.717) is 6.61 Å². The van der Waals surface area contributed by atoms with Crippen LogP contribution in [0.25, 0.3) is 11.3 Å². The number of para-hydroxylation sites is 1. The summed E-state index contributed by atoms with van der Waals surface area (Å²) in [5.41, 5.74) is 2.82. The molecule has 1 aromatic carbocycles. The Balaban J connectivity index is 2.41. The Morgan fingerprint density at radius 2 is 2.05 bits per heavy atom. The number of carbonyl (C=O) groups is 1. The fourth-order valence-corrected chi connectivity index (χ4v) is 2.38. The Labute approximate surface area is 131 Å². The number of hydrogen-bond acceptors (Lipinski definition) is 3. The van der Waals surface area contributed by atoms with Crippen molar-refractivity contribution in [1.29, 1.82) is 0 Å². The fourth-order valence-electron chi connectivity index (χ4n) is 2.38. The van der Waals surface area contributed by atoms with E-state index in [-0.39, 0.29) is 11.9 Å². The van der Waals surface area contributed by atoms with Crippen LogP contribution < -0.4 is 4.74 Å². The van der Waals surface area contributed by atoms with E-state index in [1.54, 1.807) is 23.7 Å². The van der Waals surface area contributed by atoms with E-state index in [1.807, 2.05) is 51.2 Å². The highest BCUT2D eigenvalue weighted by Gasteiger charge is 2.20. The number of carbonyl (C=O) groups excluding carboxylic acids is 1. The zero-order valence-electron chi connectivity index (χ0n) is 13.8. The molecule has 5 nitrogen and oxygen atoms in total. The molecule has 1 aromatic heterocycles. The lowest BCUT2D eigenvalue weighted by Gasteiger charge is -2.17. The maximum Gasteiger partial charge on any atom is 0.246 e. The van der Waals surface area contributed by atoms with Crippen LogP contribution in [0.4, 0.5) is 0 Å². The normalized spacial score (nSPS) is 12.0. The molecule has 0 aliphatic heterocycles. The smallest absolute Gasteiger partial charge is 0.246 e. The number of aromatic nitrogens is 2. The van der Waals surface area contributed by atoms with Crippen molar-refractivity contribution in [2.24, 2.45) is 0 Å². The van der Waals surface area contributed by atoms with Gasteiger partial charge < -0.3 is 9.64 Å². The summed E-state index contributed by atoms with van der Waals surface area (Å²) < 4.78 is 7.40. The summed E-state index contributed by atoms with van der Waals surface area (Å²) in [6, 6.07) is 7.50. The second-order valence-electron chi connectivity index (χ2n) is 5.48. The van der Waals surface area contributed by atoms with Crippen molar-refractivity contribution in [2.45, 2.75) is 26.8 Å². The predicted molar refractivity (Wildman–Crippen MR) is 87.0 cm³/mol. The molecule has 0 aliphatic carbocycles. The Bertz CT molecular complexity index is 662. The van der Waals surface area contributed by atoms with Gasteiger partial charge in [0.15, 0.2) is 0 Å². The molecule has 1 amide bonds. The van der Waals surface area contributed by atoms with E-state index in [2.05, 4.69) is 5.10 Å². The molecule has 1 atom stereocenters. The van der Waals surface area contributed by atoms with E-state index < -0.39 is 0 Å². The number of rotatable bonds is 5. The molecular weight excluding hydrogens is 278 g/mol. The van der Waals surface area contributed by atoms with Crippen LogP contribution >= 0.6 is 0 Å². The number of likely N-dealkylation sites (N-methyl/N-ethyl adjacent to an activating group) is 1. The molecule has 0 bridgehead atoms. The van der Waals surface area contributed by atoms with Crippen molar-refractivity contribution in [1.82, 2.24) is 14.7 Å². The third-order valence-electron chi connectivity index (χ3n) is 3.55. The van der Waals surface area contributed by atoms with Crippen molar-refractivity contribution >= 4 is 5.91 Å². The molecule has 22 heavy (non-hydrogen) atoms. The molecule has 5 heteroatoms. The largest absolute Gasteiger partial charge is 0.493 e. The zero-order valence-corrected chi connectivity index (χ0v) is 13.8. The van der Waals surface area contributed by atoms with E-state index in [4.69, 9.17) is 4.74 Å². The van der Waals surface area contributed by atoms with Crippen LogP contribution in [-0.2, 0) is 4.79 Å². The van der Waals surface area contributed by atoms with Crippen LogP contribution in [-0.4, -0.2) is 41.3 Å². The van der Waals surface area contributed by atoms with Crippen LogP contribution in [0.15, 0.2) is 30.5 Å². The van der Waals surface area contributed by atoms with Crippen molar-refractivity contribution in [3.8, 4) is 17.0 Å². The Hall–Kier alpha value is -2.30. The molecule has 1 heterocycles. The van der Waals surface area contributed by atoms with Gasteiger partial charge in [0.05, 0.1) is 12.3 Å². The van der Waals surface area contributed by atoms with Crippen LogP contribution in [0.1, 0.15) is 25.5 Å². The van der Waals surface area contributed by atoms with Crippen LogP contribution in [0.3, 0.4) is 0 Å². The standard InChI is InChI=1S/C17H23N3O2/c1-6-22-15-10-8-7-9-14(15)16-12(2)11-20(18-16)13(3)17(21)19(4)5/h7-11,13H,6H2,1-5H3. The first-order valence-corrected chi connectivity index (χ1v) is 7.44. The summed E-state index contributed by atoms with van der Waals surface area (Å²) >= 11 is 0. The highest BCUT2D eigenvalue weighted by Crippen LogP contribution is 2.31. The van der Waals surface area contributed by atoms with Crippen LogP contribution in [0, 0.1) is 6.92 Å². The lowest BCUT2D eigenvalue weighted by molar-refractivity contribution is -0.131. The van der Waals surface area contributed by atoms with Crippen molar-refractivity contribution < 1.29 is 9.53 Å². The summed E-state index contributed by atoms with van der Waals surface area (Å²) in [4.78, 5) is 13.7. The quantitative estimate of drug-likeness (QED) is 0.853. The number of hydrogen-bond donors (Lipinski definition) is 0. The van der Waals surface area contributed by atoms with Gasteiger partial charge in [-0.25, -0.2) is 0 Å². The molecule has 2 aromatic rings. The van der Waals surface area contributed by atoms with Gasteiger partial charge >= 0.3 is 0 Å². The third kappa shape index (κ3) is 3.13. The molecule has 0 spiro atoms. The number of amides is 1. The minimum Gasteiger partial charge on any atom is -0.493 e. The SMILES string of the molecule is CCOc1ccccc1-c1nn(C(C)C(=O)N(C)C)cc1C. The second kappa shape index (κ2) is 6.64. The first kappa shape index (κ1) is 16.1. The van der Waals surface area contributed by atoms with Gasteiger partial charge in [-0.15, -0.1) is 0 Å². The minimum atomic E-state index is -0.332. The zero-order chi connectivity index (χ0) is 16.3. The van der Waals surface area contributed by atoms with E-state index in [1.165, 1.54) is 0 Å². The van der Waals surface area contributed by atoms with Crippen molar-refractivity contribution in [3.05, 3.63) is 36.0 Å². The molecule has 0 saturated heterocycles. The van der Waals surface area contributed by atoms with Gasteiger partial charge in [0.2, 0.25) is 5.91 Å². The Morgan fingerprint density at radius 3 is 2.68 bits per heavy atom. The highest BCUT2D eigenvalue weighted by molar-refractivity contribution is 5.79. The van der Waals surface area contributed by atoms with Crippen LogP contribution in [0.2, 0.25) is 0 Å². The maximum atomic E-state index is 12.1. The van der Waals surface area contributed by atoms with E-state index >= 15 is 0 Å². The van der Waals surface area contributed by atoms with Crippen LogP contribution in [0.5, 0.6) is 5.75 Å². The molecule has 118 valence electrons. The number of aryl methyl sites for hydroxylation is 1. The molecule has 2 rings (SSSR count). The molecule has 0 fully saturated rings. The molecule has 0 radical (unpaired) electrons. The number of ether oxygens (including phenoxy) is 1. The molecular formula is C17H23N3O2.